The number of rotatable bonds is 5. The molecule has 0 saturated carbocycles. The van der Waals surface area contributed by atoms with Crippen molar-refractivity contribution in [2.24, 2.45) is 5.92 Å². The second-order valence-electron chi connectivity index (χ2n) is 5.39. The lowest BCUT2D eigenvalue weighted by atomic mass is 10.0. The molecule has 6 heteroatoms. The van der Waals surface area contributed by atoms with E-state index in [-0.39, 0.29) is 17.8 Å². The van der Waals surface area contributed by atoms with E-state index in [1.54, 1.807) is 32.3 Å². The fraction of sp³-hybridized carbons (Fsp3) is 0.467. The van der Waals surface area contributed by atoms with Gasteiger partial charge in [-0.2, -0.15) is 0 Å². The zero-order chi connectivity index (χ0) is 16.2. The van der Waals surface area contributed by atoms with Gasteiger partial charge in [-0.05, 0) is 24.1 Å². The van der Waals surface area contributed by atoms with Crippen LogP contribution >= 0.6 is 0 Å². The average Bonchev–Trinajstić information content (AvgIpc) is 2.44. The van der Waals surface area contributed by atoms with Gasteiger partial charge in [0, 0.05) is 19.7 Å². The maximum absolute atomic E-state index is 12.0. The predicted molar refractivity (Wildman–Crippen MR) is 83.1 cm³/mol. The molecule has 1 aromatic carbocycles. The van der Waals surface area contributed by atoms with E-state index in [2.05, 4.69) is 5.32 Å². The number of nitrogen functional groups attached to an aromatic ring is 1. The van der Waals surface area contributed by atoms with Crippen molar-refractivity contribution < 1.29 is 14.3 Å². The lowest BCUT2D eigenvalue weighted by Crippen LogP contribution is -2.35. The monoisotopic (exact) mass is 293 g/mol. The molecule has 1 unspecified atom stereocenters. The smallest absolute Gasteiger partial charge is 0.328 e. The number of esters is 1. The molecule has 21 heavy (non-hydrogen) atoms. The minimum Gasteiger partial charge on any atom is -0.467 e. The summed E-state index contributed by atoms with van der Waals surface area (Å²) in [5.74, 6) is -0.476. The second-order valence-corrected chi connectivity index (χ2v) is 5.39. The Hall–Kier alpha value is -2.24. The number of nitrogens with zero attached hydrogens (tertiary/aromatic N) is 1. The number of ether oxygens (including phenoxy) is 1. The number of benzene rings is 1. The largest absolute Gasteiger partial charge is 0.467 e. The Labute approximate surface area is 125 Å². The molecule has 0 aliphatic heterocycles. The first-order valence-corrected chi connectivity index (χ1v) is 6.73. The maximum atomic E-state index is 12.0. The van der Waals surface area contributed by atoms with Crippen molar-refractivity contribution in [2.45, 2.75) is 19.9 Å². The Morgan fingerprint density at radius 1 is 1.29 bits per heavy atom. The number of carbonyl (C=O) groups excluding carboxylic acids is 2. The zero-order valence-electron chi connectivity index (χ0n) is 13.1. The molecule has 1 rings (SSSR count). The van der Waals surface area contributed by atoms with Crippen molar-refractivity contribution in [1.82, 2.24) is 4.90 Å². The third-order valence-corrected chi connectivity index (χ3v) is 3.14. The maximum Gasteiger partial charge on any atom is 0.328 e. The van der Waals surface area contributed by atoms with Crippen molar-refractivity contribution in [3.05, 3.63) is 23.8 Å². The number of anilines is 2. The summed E-state index contributed by atoms with van der Waals surface area (Å²) in [7, 11) is 4.70. The number of hydrogen-bond acceptors (Lipinski definition) is 5. The van der Waals surface area contributed by atoms with Gasteiger partial charge in [-0.15, -0.1) is 0 Å². The van der Waals surface area contributed by atoms with Crippen LogP contribution in [0.15, 0.2) is 18.2 Å². The first-order valence-electron chi connectivity index (χ1n) is 6.73. The molecule has 3 N–H and O–H groups in total. The number of carbonyl (C=O) groups is 2. The fourth-order valence-electron chi connectivity index (χ4n) is 1.86. The highest BCUT2D eigenvalue weighted by atomic mass is 16.5. The van der Waals surface area contributed by atoms with E-state index >= 15 is 0 Å². The summed E-state index contributed by atoms with van der Waals surface area (Å²) in [5, 5.41) is 3.06. The summed E-state index contributed by atoms with van der Waals surface area (Å²) < 4.78 is 4.78. The topological polar surface area (TPSA) is 84.7 Å². The third-order valence-electron chi connectivity index (χ3n) is 3.14. The Balaban J connectivity index is 3.09. The molecule has 0 aliphatic rings. The highest BCUT2D eigenvalue weighted by Gasteiger charge is 2.24. The number of nitrogens with two attached hydrogens (primary N) is 1. The van der Waals surface area contributed by atoms with E-state index in [1.807, 2.05) is 13.8 Å². The molecular weight excluding hydrogens is 270 g/mol. The molecule has 1 aromatic rings. The number of hydrogen-bond donors (Lipinski definition) is 2. The van der Waals surface area contributed by atoms with Gasteiger partial charge in [0.15, 0.2) is 0 Å². The quantitative estimate of drug-likeness (QED) is 0.636. The van der Waals surface area contributed by atoms with Crippen molar-refractivity contribution in [3.8, 4) is 0 Å². The van der Waals surface area contributed by atoms with Crippen LogP contribution in [0.2, 0.25) is 0 Å². The summed E-state index contributed by atoms with van der Waals surface area (Å²) in [6.45, 7) is 3.80. The van der Waals surface area contributed by atoms with Crippen molar-refractivity contribution in [2.75, 3.05) is 32.3 Å². The van der Waals surface area contributed by atoms with Gasteiger partial charge in [0.25, 0.3) is 5.91 Å². The lowest BCUT2D eigenvalue weighted by Gasteiger charge is -2.22. The highest BCUT2D eigenvalue weighted by molar-refractivity contribution is 5.96. The van der Waals surface area contributed by atoms with Crippen LogP contribution in [0.3, 0.4) is 0 Å². The Morgan fingerprint density at radius 3 is 2.38 bits per heavy atom. The molecule has 1 amide bonds. The van der Waals surface area contributed by atoms with Crippen LogP contribution in [-0.2, 0) is 9.53 Å². The van der Waals surface area contributed by atoms with Gasteiger partial charge in [0.1, 0.15) is 6.04 Å². The molecule has 0 spiro atoms. The van der Waals surface area contributed by atoms with Crippen LogP contribution in [0, 0.1) is 5.92 Å². The minimum absolute atomic E-state index is 0.0186. The Bertz CT molecular complexity index is 527. The predicted octanol–water partition coefficient (Wildman–Crippen LogP) is 1.58. The molecule has 0 saturated heterocycles. The standard InChI is InChI=1S/C15H23N3O3/c1-9(2)13(15(20)21-5)17-12-8-10(6-7-11(12)16)14(19)18(3)4/h6-9,13,17H,16H2,1-5H3. The molecule has 0 radical (unpaired) electrons. The minimum atomic E-state index is -0.526. The van der Waals surface area contributed by atoms with E-state index in [4.69, 9.17) is 10.5 Å². The van der Waals surface area contributed by atoms with Gasteiger partial charge >= 0.3 is 5.97 Å². The van der Waals surface area contributed by atoms with E-state index < -0.39 is 6.04 Å². The van der Waals surface area contributed by atoms with Gasteiger partial charge in [-0.1, -0.05) is 13.8 Å². The van der Waals surface area contributed by atoms with Crippen LogP contribution in [0.4, 0.5) is 11.4 Å². The van der Waals surface area contributed by atoms with Crippen LogP contribution < -0.4 is 11.1 Å². The van der Waals surface area contributed by atoms with Gasteiger partial charge in [0.05, 0.1) is 18.5 Å². The first kappa shape index (κ1) is 16.8. The van der Waals surface area contributed by atoms with E-state index in [9.17, 15) is 9.59 Å². The lowest BCUT2D eigenvalue weighted by molar-refractivity contribution is -0.142. The normalized spacial score (nSPS) is 11.9. The summed E-state index contributed by atoms with van der Waals surface area (Å²) in [4.78, 5) is 25.3. The second kappa shape index (κ2) is 6.97. The van der Waals surface area contributed by atoms with Crippen LogP contribution in [-0.4, -0.2) is 44.0 Å². The van der Waals surface area contributed by atoms with E-state index in [0.29, 0.717) is 16.9 Å². The van der Waals surface area contributed by atoms with Crippen molar-refractivity contribution >= 4 is 23.3 Å². The number of nitrogens with one attached hydrogen (secondary N) is 1. The zero-order valence-corrected chi connectivity index (χ0v) is 13.1. The van der Waals surface area contributed by atoms with Crippen LogP contribution in [0.5, 0.6) is 0 Å². The summed E-state index contributed by atoms with van der Waals surface area (Å²) in [6.07, 6.45) is 0. The molecule has 116 valence electrons. The summed E-state index contributed by atoms with van der Waals surface area (Å²) in [6, 6.07) is 4.43. The SMILES string of the molecule is COC(=O)C(Nc1cc(C(=O)N(C)C)ccc1N)C(C)C. The molecule has 6 nitrogen and oxygen atoms in total. The van der Waals surface area contributed by atoms with Crippen molar-refractivity contribution in [3.63, 3.8) is 0 Å². The summed E-state index contributed by atoms with van der Waals surface area (Å²) in [5.41, 5.74) is 7.44. The van der Waals surface area contributed by atoms with Gasteiger partial charge in [-0.3, -0.25) is 4.79 Å². The Morgan fingerprint density at radius 2 is 1.90 bits per heavy atom. The van der Waals surface area contributed by atoms with Crippen molar-refractivity contribution in [1.29, 1.82) is 0 Å². The molecule has 1 atom stereocenters. The average molecular weight is 293 g/mol. The molecule has 0 fully saturated rings. The third kappa shape index (κ3) is 4.11. The van der Waals surface area contributed by atoms with Crippen LogP contribution in [0.25, 0.3) is 0 Å². The van der Waals surface area contributed by atoms with Gasteiger partial charge in [-0.25, -0.2) is 4.79 Å². The molecule has 0 aliphatic carbocycles. The first-order chi connectivity index (χ1) is 9.77. The number of amides is 1. The van der Waals surface area contributed by atoms with Gasteiger partial charge < -0.3 is 20.7 Å². The molecule has 0 bridgehead atoms. The fourth-order valence-corrected chi connectivity index (χ4v) is 1.86. The molecular formula is C15H23N3O3. The molecule has 0 aromatic heterocycles. The van der Waals surface area contributed by atoms with E-state index in [1.165, 1.54) is 12.0 Å². The van der Waals surface area contributed by atoms with Gasteiger partial charge in [0.2, 0.25) is 0 Å². The summed E-state index contributed by atoms with van der Waals surface area (Å²) >= 11 is 0. The Kier molecular flexibility index (Phi) is 5.58. The number of methoxy groups -OCH3 is 1. The molecule has 0 heterocycles. The highest BCUT2D eigenvalue weighted by Crippen LogP contribution is 2.23. The van der Waals surface area contributed by atoms with E-state index in [0.717, 1.165) is 0 Å². The van der Waals surface area contributed by atoms with Crippen LogP contribution in [0.1, 0.15) is 24.2 Å².